The lowest BCUT2D eigenvalue weighted by Gasteiger charge is -2.36. The van der Waals surface area contributed by atoms with Gasteiger partial charge in [0, 0.05) is 21.5 Å². The minimum Gasteiger partial charge on any atom is -0.461 e. The number of nitrogens with one attached hydrogen (secondary N) is 1. The Hall–Kier alpha value is -2.42. The summed E-state index contributed by atoms with van der Waals surface area (Å²) in [6, 6.07) is 10.7. The zero-order valence-corrected chi connectivity index (χ0v) is 15.7. The number of hydrogen-bond acceptors (Lipinski definition) is 3. The van der Waals surface area contributed by atoms with Gasteiger partial charge in [0.25, 0.3) is 11.9 Å². The lowest BCUT2D eigenvalue weighted by atomic mass is 9.83. The highest BCUT2D eigenvalue weighted by Gasteiger charge is 2.72. The van der Waals surface area contributed by atoms with Crippen molar-refractivity contribution in [3.8, 4) is 0 Å². The molecule has 0 radical (unpaired) electrons. The first-order chi connectivity index (χ1) is 13.2. The van der Waals surface area contributed by atoms with Crippen molar-refractivity contribution in [2.24, 2.45) is 10.9 Å². The number of carbonyl (C=O) groups is 1. The molecule has 1 aliphatic heterocycles. The predicted octanol–water partition coefficient (Wildman–Crippen LogP) is 4.55. The van der Waals surface area contributed by atoms with Crippen molar-refractivity contribution in [3.05, 3.63) is 69.9 Å². The molecular weight excluding hydrogens is 444 g/mol. The summed E-state index contributed by atoms with van der Waals surface area (Å²) in [5.74, 6) is -2.75. The van der Waals surface area contributed by atoms with Gasteiger partial charge in [0.2, 0.25) is 0 Å². The van der Waals surface area contributed by atoms with Gasteiger partial charge in [0.05, 0.1) is 0 Å². The highest BCUT2D eigenvalue weighted by molar-refractivity contribution is 9.10. The smallest absolute Gasteiger partial charge is 0.418 e. The molecule has 3 atom stereocenters. The molecule has 28 heavy (non-hydrogen) atoms. The number of alkyl halides is 3. The maximum Gasteiger partial charge on any atom is 0.418 e. The number of fused-ring (bicyclic) bond motifs is 1. The minimum absolute atomic E-state index is 0.0552. The van der Waals surface area contributed by atoms with E-state index in [1.807, 2.05) is 0 Å². The highest BCUT2D eigenvalue weighted by Crippen LogP contribution is 2.60. The first kappa shape index (κ1) is 18.9. The van der Waals surface area contributed by atoms with Crippen LogP contribution in [-0.4, -0.2) is 24.2 Å². The van der Waals surface area contributed by atoms with Gasteiger partial charge in [-0.1, -0.05) is 34.1 Å². The van der Waals surface area contributed by atoms with Gasteiger partial charge in [-0.05, 0) is 36.8 Å². The van der Waals surface area contributed by atoms with E-state index in [2.05, 4.69) is 26.2 Å². The van der Waals surface area contributed by atoms with Crippen molar-refractivity contribution in [1.29, 1.82) is 0 Å². The molecule has 2 aromatic carbocycles. The number of ether oxygens (including phenoxy) is 1. The summed E-state index contributed by atoms with van der Waals surface area (Å²) in [7, 11) is 0. The summed E-state index contributed by atoms with van der Waals surface area (Å²) >= 11 is 3.09. The van der Waals surface area contributed by atoms with Crippen LogP contribution in [0.5, 0.6) is 0 Å². The van der Waals surface area contributed by atoms with E-state index in [9.17, 15) is 22.4 Å². The molecule has 0 bridgehead atoms. The second-order valence-corrected chi connectivity index (χ2v) is 7.54. The third kappa shape index (κ3) is 3.07. The number of hydrogen-bond donors (Lipinski definition) is 1. The molecule has 0 spiro atoms. The summed E-state index contributed by atoms with van der Waals surface area (Å²) in [4.78, 5) is 16.0. The molecule has 1 N–H and O–H groups in total. The van der Waals surface area contributed by atoms with Crippen molar-refractivity contribution in [2.75, 3.05) is 0 Å². The molecule has 9 heteroatoms. The molecule has 1 aliphatic carbocycles. The maximum atomic E-state index is 14.5. The fraction of sp³-hybridized carbons (Fsp3) is 0.263. The molecule has 0 saturated heterocycles. The Balaban J connectivity index is 1.79. The molecule has 1 saturated carbocycles. The van der Waals surface area contributed by atoms with E-state index in [0.717, 1.165) is 12.1 Å². The molecule has 4 rings (SSSR count). The van der Waals surface area contributed by atoms with Crippen LogP contribution >= 0.6 is 15.9 Å². The van der Waals surface area contributed by atoms with Crippen LogP contribution in [0.15, 0.2) is 58.0 Å². The first-order valence-electron chi connectivity index (χ1n) is 8.37. The molecule has 2 aromatic rings. The standard InChI is InChI=1S/C19H13BrF4N2O2/c20-11-6-7-14(21)12(8-11)18(19(22,23)24)13-9-15(13)28-17(26-18)25-16(27)10-4-2-1-3-5-10/h1-8,13,15H,9H2,(H,25,26,27)/t13-,15?,18+/m0/s1. The van der Waals surface area contributed by atoms with Gasteiger partial charge in [0.1, 0.15) is 11.9 Å². The summed E-state index contributed by atoms with van der Waals surface area (Å²) in [6.45, 7) is 0. The summed E-state index contributed by atoms with van der Waals surface area (Å²) in [5, 5.41) is 2.28. The van der Waals surface area contributed by atoms with E-state index < -0.39 is 47.0 Å². The monoisotopic (exact) mass is 456 g/mol. The van der Waals surface area contributed by atoms with Crippen molar-refractivity contribution in [1.82, 2.24) is 5.32 Å². The second kappa shape index (κ2) is 6.58. The van der Waals surface area contributed by atoms with Gasteiger partial charge in [-0.2, -0.15) is 13.2 Å². The molecule has 1 heterocycles. The number of amides is 1. The van der Waals surface area contributed by atoms with Crippen molar-refractivity contribution in [3.63, 3.8) is 0 Å². The van der Waals surface area contributed by atoms with E-state index in [1.165, 1.54) is 18.2 Å². The highest BCUT2D eigenvalue weighted by atomic mass is 79.9. The second-order valence-electron chi connectivity index (χ2n) is 6.62. The van der Waals surface area contributed by atoms with Gasteiger partial charge in [-0.25, -0.2) is 9.38 Å². The number of halogens is 5. The Morgan fingerprint density at radius 1 is 1.21 bits per heavy atom. The van der Waals surface area contributed by atoms with Crippen molar-refractivity contribution < 1.29 is 27.1 Å². The molecular formula is C19H13BrF4N2O2. The van der Waals surface area contributed by atoms with E-state index in [-0.39, 0.29) is 12.0 Å². The Labute approximate surface area is 165 Å². The number of aliphatic imine (C=N–C) groups is 1. The number of rotatable bonds is 2. The largest absolute Gasteiger partial charge is 0.461 e. The van der Waals surface area contributed by atoms with Crippen molar-refractivity contribution in [2.45, 2.75) is 24.2 Å². The average Bonchev–Trinajstić information content (AvgIpc) is 3.42. The minimum atomic E-state index is -4.89. The zero-order valence-electron chi connectivity index (χ0n) is 14.1. The normalized spacial score (nSPS) is 26.0. The van der Waals surface area contributed by atoms with Crippen LogP contribution in [0.4, 0.5) is 17.6 Å². The lowest BCUT2D eigenvalue weighted by Crippen LogP contribution is -2.50. The number of benzene rings is 2. The molecule has 0 aromatic heterocycles. The van der Waals surface area contributed by atoms with Gasteiger partial charge in [-0.3, -0.25) is 10.1 Å². The van der Waals surface area contributed by atoms with Gasteiger partial charge in [-0.15, -0.1) is 0 Å². The van der Waals surface area contributed by atoms with E-state index in [4.69, 9.17) is 4.74 Å². The Bertz CT molecular complexity index is 964. The van der Waals surface area contributed by atoms with Crippen LogP contribution in [-0.2, 0) is 10.3 Å². The molecule has 146 valence electrons. The zero-order chi connectivity index (χ0) is 20.1. The number of amidine groups is 1. The first-order valence-corrected chi connectivity index (χ1v) is 9.17. The fourth-order valence-corrected chi connectivity index (χ4v) is 3.81. The molecule has 1 fully saturated rings. The van der Waals surface area contributed by atoms with Crippen LogP contribution in [0.25, 0.3) is 0 Å². The predicted molar refractivity (Wildman–Crippen MR) is 96.2 cm³/mol. The van der Waals surface area contributed by atoms with Gasteiger partial charge < -0.3 is 4.74 Å². The van der Waals surface area contributed by atoms with Crippen LogP contribution in [0.2, 0.25) is 0 Å². The average molecular weight is 457 g/mol. The third-order valence-electron chi connectivity index (χ3n) is 4.84. The Morgan fingerprint density at radius 3 is 2.61 bits per heavy atom. The summed E-state index contributed by atoms with van der Waals surface area (Å²) in [5.41, 5.74) is -3.20. The summed E-state index contributed by atoms with van der Waals surface area (Å²) < 4.78 is 62.9. The lowest BCUT2D eigenvalue weighted by molar-refractivity contribution is -0.201. The molecule has 1 amide bonds. The quantitative estimate of drug-likeness (QED) is 0.673. The third-order valence-corrected chi connectivity index (χ3v) is 5.33. The van der Waals surface area contributed by atoms with Crippen LogP contribution in [0.3, 0.4) is 0 Å². The number of carbonyl (C=O) groups excluding carboxylic acids is 1. The van der Waals surface area contributed by atoms with E-state index >= 15 is 0 Å². The number of nitrogens with zero attached hydrogens (tertiary/aromatic N) is 1. The van der Waals surface area contributed by atoms with E-state index in [0.29, 0.717) is 4.47 Å². The Kier molecular flexibility index (Phi) is 4.45. The molecule has 4 nitrogen and oxygen atoms in total. The van der Waals surface area contributed by atoms with E-state index in [1.54, 1.807) is 18.2 Å². The molecule has 1 unspecified atom stereocenters. The van der Waals surface area contributed by atoms with Crippen LogP contribution in [0.1, 0.15) is 22.3 Å². The Morgan fingerprint density at radius 2 is 1.93 bits per heavy atom. The topological polar surface area (TPSA) is 50.7 Å². The fourth-order valence-electron chi connectivity index (χ4n) is 3.45. The van der Waals surface area contributed by atoms with Gasteiger partial charge >= 0.3 is 6.18 Å². The SMILES string of the molecule is O=C(NC1=N[C@@](c2cc(Br)ccc2F)(C(F)(F)F)[C@H]2CC2O1)c1ccccc1. The van der Waals surface area contributed by atoms with Gasteiger partial charge in [0.15, 0.2) is 5.54 Å². The summed E-state index contributed by atoms with van der Waals surface area (Å²) in [6.07, 6.45) is -5.64. The van der Waals surface area contributed by atoms with Crippen LogP contribution < -0.4 is 5.32 Å². The van der Waals surface area contributed by atoms with Crippen molar-refractivity contribution >= 4 is 27.9 Å². The molecule has 2 aliphatic rings. The van der Waals surface area contributed by atoms with Crippen LogP contribution in [0, 0.1) is 11.7 Å². The maximum absolute atomic E-state index is 14.5.